The van der Waals surface area contributed by atoms with Gasteiger partial charge in [0.2, 0.25) is 0 Å². The van der Waals surface area contributed by atoms with Crippen molar-refractivity contribution in [2.75, 3.05) is 6.54 Å². The monoisotopic (exact) mass is 161 g/mol. The molecule has 0 spiro atoms. The van der Waals surface area contributed by atoms with Crippen LogP contribution in [0.15, 0.2) is 0 Å². The van der Waals surface area contributed by atoms with E-state index in [2.05, 4.69) is 31.8 Å². The van der Waals surface area contributed by atoms with Crippen molar-refractivity contribution < 1.29 is 0 Å². The van der Waals surface area contributed by atoms with Crippen LogP contribution in [0.5, 0.6) is 0 Å². The van der Waals surface area contributed by atoms with Crippen LogP contribution in [0.1, 0.15) is 39.5 Å². The molecule has 0 saturated carbocycles. The molecule has 1 nitrogen and oxygen atoms in total. The van der Waals surface area contributed by atoms with Gasteiger partial charge in [-0.2, -0.15) is 12.6 Å². The van der Waals surface area contributed by atoms with Crippen LogP contribution in [0.3, 0.4) is 0 Å². The lowest BCUT2D eigenvalue weighted by molar-refractivity contribution is 0.598. The molecule has 0 radical (unpaired) electrons. The molecule has 0 aromatic heterocycles. The van der Waals surface area contributed by atoms with Gasteiger partial charge in [-0.15, -0.1) is 0 Å². The van der Waals surface area contributed by atoms with E-state index < -0.39 is 0 Å². The lowest BCUT2D eigenvalue weighted by Crippen LogP contribution is -2.21. The zero-order chi connectivity index (χ0) is 7.82. The molecule has 0 bridgehead atoms. The van der Waals surface area contributed by atoms with Gasteiger partial charge in [-0.1, -0.05) is 26.2 Å². The van der Waals surface area contributed by atoms with Crippen LogP contribution in [-0.2, 0) is 0 Å². The Morgan fingerprint density at radius 2 is 2.00 bits per heavy atom. The average Bonchev–Trinajstić information content (AvgIpc) is 1.87. The van der Waals surface area contributed by atoms with Gasteiger partial charge >= 0.3 is 0 Å². The summed E-state index contributed by atoms with van der Waals surface area (Å²) in [6.45, 7) is 5.41. The van der Waals surface area contributed by atoms with E-state index >= 15 is 0 Å². The van der Waals surface area contributed by atoms with Crippen LogP contribution in [0, 0.1) is 0 Å². The summed E-state index contributed by atoms with van der Waals surface area (Å²) < 4.78 is 0. The molecule has 0 aromatic carbocycles. The fourth-order valence-corrected chi connectivity index (χ4v) is 0.992. The Hall–Kier alpha value is 0.310. The highest BCUT2D eigenvalue weighted by atomic mass is 32.1. The van der Waals surface area contributed by atoms with Crippen molar-refractivity contribution in [3.05, 3.63) is 0 Å². The van der Waals surface area contributed by atoms with Gasteiger partial charge in [-0.05, 0) is 19.9 Å². The first-order valence-electron chi connectivity index (χ1n) is 4.18. The van der Waals surface area contributed by atoms with Crippen LogP contribution in [0.4, 0.5) is 0 Å². The Morgan fingerprint density at radius 1 is 1.30 bits per heavy atom. The Balaban J connectivity index is 2.77. The number of unbranched alkanes of at least 4 members (excludes halogenated alkanes) is 3. The number of rotatable bonds is 6. The fourth-order valence-electron chi connectivity index (χ4n) is 0.863. The summed E-state index contributed by atoms with van der Waals surface area (Å²) in [6, 6.07) is 0. The van der Waals surface area contributed by atoms with Crippen molar-refractivity contribution in [1.82, 2.24) is 5.32 Å². The van der Waals surface area contributed by atoms with Gasteiger partial charge in [0.1, 0.15) is 0 Å². The molecular weight excluding hydrogens is 142 g/mol. The molecular formula is C8H19NS. The fraction of sp³-hybridized carbons (Fsp3) is 1.00. The average molecular weight is 161 g/mol. The van der Waals surface area contributed by atoms with Crippen molar-refractivity contribution >= 4 is 12.6 Å². The van der Waals surface area contributed by atoms with E-state index in [1.54, 1.807) is 0 Å². The summed E-state index contributed by atoms with van der Waals surface area (Å²) in [6.07, 6.45) is 5.32. The van der Waals surface area contributed by atoms with Crippen LogP contribution in [-0.4, -0.2) is 11.9 Å². The third kappa shape index (κ3) is 8.31. The van der Waals surface area contributed by atoms with Crippen molar-refractivity contribution in [3.63, 3.8) is 0 Å². The van der Waals surface area contributed by atoms with Crippen molar-refractivity contribution in [3.8, 4) is 0 Å². The first-order chi connectivity index (χ1) is 4.77. The van der Waals surface area contributed by atoms with Crippen molar-refractivity contribution in [1.29, 1.82) is 0 Å². The molecule has 2 heteroatoms. The smallest absolute Gasteiger partial charge is 0.0473 e. The molecule has 0 amide bonds. The highest BCUT2D eigenvalue weighted by Gasteiger charge is 1.90. The predicted octanol–water partition coefficient (Wildman–Crippen LogP) is 2.43. The molecule has 0 aliphatic carbocycles. The SMILES string of the molecule is CCCCCCNC(C)S. The van der Waals surface area contributed by atoms with Gasteiger partial charge in [0.05, 0.1) is 0 Å². The van der Waals surface area contributed by atoms with Gasteiger partial charge in [-0.3, -0.25) is 0 Å². The second kappa shape index (κ2) is 7.42. The van der Waals surface area contributed by atoms with Gasteiger partial charge in [0.25, 0.3) is 0 Å². The van der Waals surface area contributed by atoms with Gasteiger partial charge in [0, 0.05) is 5.37 Å². The van der Waals surface area contributed by atoms with E-state index in [0.717, 1.165) is 6.54 Å². The summed E-state index contributed by atoms with van der Waals surface area (Å²) in [5.41, 5.74) is 0. The molecule has 0 aliphatic rings. The Morgan fingerprint density at radius 3 is 2.50 bits per heavy atom. The van der Waals surface area contributed by atoms with Gasteiger partial charge in [0.15, 0.2) is 0 Å². The second-order valence-corrected chi connectivity index (χ2v) is 3.47. The first-order valence-corrected chi connectivity index (χ1v) is 4.70. The molecule has 0 saturated heterocycles. The number of hydrogen-bond acceptors (Lipinski definition) is 2. The largest absolute Gasteiger partial charge is 0.306 e. The predicted molar refractivity (Wildman–Crippen MR) is 50.6 cm³/mol. The van der Waals surface area contributed by atoms with Crippen molar-refractivity contribution in [2.24, 2.45) is 0 Å². The Bertz CT molecular complexity index is 64.3. The van der Waals surface area contributed by atoms with Crippen LogP contribution >= 0.6 is 12.6 Å². The number of hydrogen-bond donors (Lipinski definition) is 2. The summed E-state index contributed by atoms with van der Waals surface area (Å²) in [4.78, 5) is 0. The molecule has 1 atom stereocenters. The summed E-state index contributed by atoms with van der Waals surface area (Å²) in [5.74, 6) is 0. The summed E-state index contributed by atoms with van der Waals surface area (Å²) in [7, 11) is 0. The maximum Gasteiger partial charge on any atom is 0.0473 e. The molecule has 0 aliphatic heterocycles. The van der Waals surface area contributed by atoms with E-state index in [0.29, 0.717) is 5.37 Å². The normalized spacial score (nSPS) is 13.5. The minimum absolute atomic E-state index is 0.349. The molecule has 1 unspecified atom stereocenters. The first kappa shape index (κ1) is 10.3. The lowest BCUT2D eigenvalue weighted by atomic mass is 10.2. The zero-order valence-electron chi connectivity index (χ0n) is 7.06. The lowest BCUT2D eigenvalue weighted by Gasteiger charge is -2.05. The minimum atomic E-state index is 0.349. The van der Waals surface area contributed by atoms with Crippen LogP contribution < -0.4 is 5.32 Å². The topological polar surface area (TPSA) is 12.0 Å². The van der Waals surface area contributed by atoms with Gasteiger partial charge in [-0.25, -0.2) is 0 Å². The molecule has 0 rings (SSSR count). The van der Waals surface area contributed by atoms with Crippen LogP contribution in [0.25, 0.3) is 0 Å². The standard InChI is InChI=1S/C8H19NS/c1-3-4-5-6-7-9-8(2)10/h8-10H,3-7H2,1-2H3. The quantitative estimate of drug-likeness (QED) is 0.346. The summed E-state index contributed by atoms with van der Waals surface area (Å²) in [5, 5.41) is 3.62. The molecule has 62 valence electrons. The third-order valence-corrected chi connectivity index (χ3v) is 1.65. The van der Waals surface area contributed by atoms with E-state index in [9.17, 15) is 0 Å². The third-order valence-electron chi connectivity index (χ3n) is 1.47. The molecule has 0 aromatic rings. The second-order valence-electron chi connectivity index (χ2n) is 2.69. The van der Waals surface area contributed by atoms with Crippen LogP contribution in [0.2, 0.25) is 0 Å². The Kier molecular flexibility index (Phi) is 7.65. The van der Waals surface area contributed by atoms with E-state index in [1.807, 2.05) is 0 Å². The minimum Gasteiger partial charge on any atom is -0.306 e. The maximum atomic E-state index is 4.21. The highest BCUT2D eigenvalue weighted by molar-refractivity contribution is 7.80. The summed E-state index contributed by atoms with van der Waals surface area (Å²) >= 11 is 4.21. The zero-order valence-corrected chi connectivity index (χ0v) is 7.95. The molecule has 0 heterocycles. The van der Waals surface area contributed by atoms with E-state index in [4.69, 9.17) is 0 Å². The maximum absolute atomic E-state index is 4.21. The van der Waals surface area contributed by atoms with Crippen molar-refractivity contribution in [2.45, 2.75) is 44.9 Å². The molecule has 10 heavy (non-hydrogen) atoms. The number of thiol groups is 1. The Labute approximate surface area is 70.0 Å². The molecule has 0 fully saturated rings. The number of nitrogens with one attached hydrogen (secondary N) is 1. The van der Waals surface area contributed by atoms with E-state index in [1.165, 1.54) is 25.7 Å². The van der Waals surface area contributed by atoms with E-state index in [-0.39, 0.29) is 0 Å². The highest BCUT2D eigenvalue weighted by Crippen LogP contribution is 1.97. The van der Waals surface area contributed by atoms with Gasteiger partial charge < -0.3 is 5.32 Å². The molecule has 1 N–H and O–H groups in total.